The predicted molar refractivity (Wildman–Crippen MR) is 84.4 cm³/mol. The SMILES string of the molecule is Cc1cc(C(O)CCNS(=O)(=O)c2ccc(Cl)cc2)c(C)o1. The molecule has 22 heavy (non-hydrogen) atoms. The molecule has 2 N–H and O–H groups in total. The smallest absolute Gasteiger partial charge is 0.240 e. The van der Waals surface area contributed by atoms with Gasteiger partial charge in [0.2, 0.25) is 10.0 Å². The number of aryl methyl sites for hydroxylation is 2. The van der Waals surface area contributed by atoms with Gasteiger partial charge in [0.25, 0.3) is 0 Å². The van der Waals surface area contributed by atoms with Gasteiger partial charge in [-0.05, 0) is 50.6 Å². The summed E-state index contributed by atoms with van der Waals surface area (Å²) in [7, 11) is -3.60. The number of hydrogen-bond acceptors (Lipinski definition) is 4. The zero-order valence-electron chi connectivity index (χ0n) is 12.3. The molecule has 2 aromatic rings. The number of hydrogen-bond donors (Lipinski definition) is 2. The first kappa shape index (κ1) is 17.0. The van der Waals surface area contributed by atoms with Gasteiger partial charge in [0.05, 0.1) is 11.0 Å². The fourth-order valence-corrected chi connectivity index (χ4v) is 3.34. The van der Waals surface area contributed by atoms with Gasteiger partial charge in [-0.1, -0.05) is 11.6 Å². The summed E-state index contributed by atoms with van der Waals surface area (Å²) >= 11 is 5.74. The molecule has 7 heteroatoms. The quantitative estimate of drug-likeness (QED) is 0.845. The molecule has 0 saturated carbocycles. The number of rotatable bonds is 6. The maximum absolute atomic E-state index is 12.1. The topological polar surface area (TPSA) is 79.5 Å². The lowest BCUT2D eigenvalue weighted by atomic mass is 10.1. The zero-order valence-corrected chi connectivity index (χ0v) is 13.9. The molecule has 0 aliphatic carbocycles. The normalized spacial score (nSPS) is 13.3. The van der Waals surface area contributed by atoms with Crippen molar-refractivity contribution in [2.45, 2.75) is 31.3 Å². The lowest BCUT2D eigenvalue weighted by Gasteiger charge is -2.11. The minimum Gasteiger partial charge on any atom is -0.466 e. The Hall–Kier alpha value is -1.34. The summed E-state index contributed by atoms with van der Waals surface area (Å²) in [5, 5.41) is 10.6. The van der Waals surface area contributed by atoms with Crippen molar-refractivity contribution in [2.75, 3.05) is 6.54 Å². The van der Waals surface area contributed by atoms with Crippen molar-refractivity contribution in [3.05, 3.63) is 52.4 Å². The van der Waals surface area contributed by atoms with Crippen LogP contribution in [0.1, 0.15) is 29.6 Å². The molecule has 1 aromatic heterocycles. The van der Waals surface area contributed by atoms with Gasteiger partial charge in [0.1, 0.15) is 11.5 Å². The van der Waals surface area contributed by atoms with Crippen LogP contribution in [-0.4, -0.2) is 20.1 Å². The minimum atomic E-state index is -3.60. The molecular formula is C15H18ClNO4S. The third-order valence-corrected chi connectivity index (χ3v) is 5.00. The monoisotopic (exact) mass is 343 g/mol. The van der Waals surface area contributed by atoms with Crippen LogP contribution in [-0.2, 0) is 10.0 Å². The van der Waals surface area contributed by atoms with Gasteiger partial charge >= 0.3 is 0 Å². The lowest BCUT2D eigenvalue weighted by molar-refractivity contribution is 0.167. The number of halogens is 1. The third-order valence-electron chi connectivity index (χ3n) is 3.27. The molecule has 0 bridgehead atoms. The van der Waals surface area contributed by atoms with E-state index in [1.165, 1.54) is 24.3 Å². The maximum Gasteiger partial charge on any atom is 0.240 e. The first-order valence-corrected chi connectivity index (χ1v) is 8.66. The van der Waals surface area contributed by atoms with E-state index in [4.69, 9.17) is 16.0 Å². The summed E-state index contributed by atoms with van der Waals surface area (Å²) in [5.41, 5.74) is 0.684. The lowest BCUT2D eigenvalue weighted by Crippen LogP contribution is -2.26. The van der Waals surface area contributed by atoms with Crippen LogP contribution in [0.2, 0.25) is 5.02 Å². The highest BCUT2D eigenvalue weighted by Crippen LogP contribution is 2.23. The second-order valence-corrected chi connectivity index (χ2v) is 7.23. The van der Waals surface area contributed by atoms with E-state index in [9.17, 15) is 13.5 Å². The van der Waals surface area contributed by atoms with Gasteiger partial charge in [-0.2, -0.15) is 0 Å². The van der Waals surface area contributed by atoms with Gasteiger partial charge < -0.3 is 9.52 Å². The molecular weight excluding hydrogens is 326 g/mol. The van der Waals surface area contributed by atoms with E-state index < -0.39 is 16.1 Å². The van der Waals surface area contributed by atoms with Crippen LogP contribution in [0, 0.1) is 13.8 Å². The standard InChI is InChI=1S/C15H18ClNO4S/c1-10-9-14(11(2)21-10)15(18)7-8-17-22(19,20)13-5-3-12(16)4-6-13/h3-6,9,15,17-18H,7-8H2,1-2H3. The van der Waals surface area contributed by atoms with Crippen LogP contribution in [0.15, 0.2) is 39.6 Å². The van der Waals surface area contributed by atoms with E-state index in [0.29, 0.717) is 22.1 Å². The molecule has 0 fully saturated rings. The molecule has 0 aliphatic rings. The predicted octanol–water partition coefficient (Wildman–Crippen LogP) is 2.95. The van der Waals surface area contributed by atoms with Gasteiger partial charge in [-0.3, -0.25) is 0 Å². The number of nitrogens with one attached hydrogen (secondary N) is 1. The second-order valence-electron chi connectivity index (χ2n) is 5.02. The first-order chi connectivity index (χ1) is 10.3. The largest absolute Gasteiger partial charge is 0.466 e. The van der Waals surface area contributed by atoms with E-state index in [1.807, 2.05) is 0 Å². The summed E-state index contributed by atoms with van der Waals surface area (Å²) in [4.78, 5) is 0.140. The fourth-order valence-electron chi connectivity index (χ4n) is 2.16. The molecule has 1 aromatic carbocycles. The number of aliphatic hydroxyl groups excluding tert-OH is 1. The van der Waals surface area contributed by atoms with Crippen LogP contribution in [0.3, 0.4) is 0 Å². The summed E-state index contributed by atoms with van der Waals surface area (Å²) < 4.78 is 32.0. The third kappa shape index (κ3) is 4.10. The Morgan fingerprint density at radius 1 is 1.27 bits per heavy atom. The molecule has 1 unspecified atom stereocenters. The Morgan fingerprint density at radius 3 is 2.45 bits per heavy atom. The van der Waals surface area contributed by atoms with E-state index in [0.717, 1.165) is 0 Å². The average Bonchev–Trinajstić information content (AvgIpc) is 2.78. The van der Waals surface area contributed by atoms with Crippen molar-refractivity contribution >= 4 is 21.6 Å². The molecule has 0 amide bonds. The molecule has 1 heterocycles. The van der Waals surface area contributed by atoms with Gasteiger partial charge in [0.15, 0.2) is 0 Å². The second kappa shape index (κ2) is 6.83. The zero-order chi connectivity index (χ0) is 16.3. The van der Waals surface area contributed by atoms with E-state index >= 15 is 0 Å². The number of furan rings is 1. The molecule has 0 aliphatic heterocycles. The van der Waals surface area contributed by atoms with E-state index in [1.54, 1.807) is 19.9 Å². The number of sulfonamides is 1. The fraction of sp³-hybridized carbons (Fsp3) is 0.333. The highest BCUT2D eigenvalue weighted by atomic mass is 35.5. The Balaban J connectivity index is 1.95. The highest BCUT2D eigenvalue weighted by molar-refractivity contribution is 7.89. The van der Waals surface area contributed by atoms with Crippen molar-refractivity contribution in [3.63, 3.8) is 0 Å². The van der Waals surface area contributed by atoms with Crippen molar-refractivity contribution in [1.29, 1.82) is 0 Å². The van der Waals surface area contributed by atoms with Crippen molar-refractivity contribution < 1.29 is 17.9 Å². The highest BCUT2D eigenvalue weighted by Gasteiger charge is 2.17. The summed E-state index contributed by atoms with van der Waals surface area (Å²) in [6, 6.07) is 7.66. The Labute approximate surface area is 135 Å². The average molecular weight is 344 g/mol. The van der Waals surface area contributed by atoms with Crippen LogP contribution in [0.25, 0.3) is 0 Å². The number of benzene rings is 1. The molecule has 2 rings (SSSR count). The van der Waals surface area contributed by atoms with Crippen molar-refractivity contribution in [2.24, 2.45) is 0 Å². The van der Waals surface area contributed by atoms with Gasteiger partial charge in [0, 0.05) is 17.1 Å². The van der Waals surface area contributed by atoms with E-state index in [-0.39, 0.29) is 17.9 Å². The van der Waals surface area contributed by atoms with Gasteiger partial charge in [-0.15, -0.1) is 0 Å². The summed E-state index contributed by atoms with van der Waals surface area (Å²) in [6.07, 6.45) is -0.516. The van der Waals surface area contributed by atoms with Gasteiger partial charge in [-0.25, -0.2) is 13.1 Å². The minimum absolute atomic E-state index is 0.121. The molecule has 5 nitrogen and oxygen atoms in total. The molecule has 0 saturated heterocycles. The van der Waals surface area contributed by atoms with Crippen LogP contribution >= 0.6 is 11.6 Å². The van der Waals surface area contributed by atoms with Crippen LogP contribution in [0.5, 0.6) is 0 Å². The number of aliphatic hydroxyl groups is 1. The van der Waals surface area contributed by atoms with Crippen molar-refractivity contribution in [3.8, 4) is 0 Å². The Morgan fingerprint density at radius 2 is 1.91 bits per heavy atom. The summed E-state index contributed by atoms with van der Waals surface area (Å²) in [5.74, 6) is 1.36. The molecule has 0 radical (unpaired) electrons. The Bertz CT molecular complexity index is 737. The van der Waals surface area contributed by atoms with Crippen molar-refractivity contribution in [1.82, 2.24) is 4.72 Å². The molecule has 1 atom stereocenters. The summed E-state index contributed by atoms with van der Waals surface area (Å²) in [6.45, 7) is 3.69. The van der Waals surface area contributed by atoms with E-state index in [2.05, 4.69) is 4.72 Å². The Kier molecular flexibility index (Phi) is 5.28. The maximum atomic E-state index is 12.1. The first-order valence-electron chi connectivity index (χ1n) is 6.80. The van der Waals surface area contributed by atoms with Crippen LogP contribution < -0.4 is 4.72 Å². The molecule has 0 spiro atoms. The van der Waals surface area contributed by atoms with Crippen LogP contribution in [0.4, 0.5) is 0 Å². The molecule has 120 valence electrons.